The van der Waals surface area contributed by atoms with Crippen LogP contribution in [0.4, 0.5) is 0 Å². The van der Waals surface area contributed by atoms with E-state index < -0.39 is 0 Å². The van der Waals surface area contributed by atoms with Gasteiger partial charge in [-0.05, 0) is 51.7 Å². The fraction of sp³-hybridized carbons (Fsp3) is 0.917. The summed E-state index contributed by atoms with van der Waals surface area (Å²) in [6.07, 6.45) is 2.72. The molecule has 1 saturated carbocycles. The van der Waals surface area contributed by atoms with E-state index in [2.05, 4.69) is 31.0 Å². The SMILES string of the molecule is COCC(C)NC(=S)N(CC1CC1)C(C)C. The van der Waals surface area contributed by atoms with Gasteiger partial charge in [0.25, 0.3) is 0 Å². The smallest absolute Gasteiger partial charge is 0.169 e. The van der Waals surface area contributed by atoms with Crippen molar-refractivity contribution < 1.29 is 4.74 Å². The summed E-state index contributed by atoms with van der Waals surface area (Å²) in [6.45, 7) is 8.26. The molecule has 4 heteroatoms. The van der Waals surface area contributed by atoms with Crippen LogP contribution in [0.15, 0.2) is 0 Å². The molecule has 0 bridgehead atoms. The molecular formula is C12H24N2OS. The second kappa shape index (κ2) is 6.40. The lowest BCUT2D eigenvalue weighted by molar-refractivity contribution is 0.177. The lowest BCUT2D eigenvalue weighted by atomic mass is 10.3. The van der Waals surface area contributed by atoms with Crippen LogP contribution in [0, 0.1) is 5.92 Å². The van der Waals surface area contributed by atoms with E-state index in [1.54, 1.807) is 7.11 Å². The van der Waals surface area contributed by atoms with Gasteiger partial charge in [0.05, 0.1) is 6.61 Å². The summed E-state index contributed by atoms with van der Waals surface area (Å²) in [4.78, 5) is 2.29. The summed E-state index contributed by atoms with van der Waals surface area (Å²) >= 11 is 5.45. The zero-order chi connectivity index (χ0) is 12.1. The molecule has 0 amide bonds. The first-order chi connectivity index (χ1) is 7.54. The van der Waals surface area contributed by atoms with E-state index in [9.17, 15) is 0 Å². The number of thiocarbonyl (C=S) groups is 1. The molecule has 94 valence electrons. The largest absolute Gasteiger partial charge is 0.383 e. The molecule has 0 aromatic rings. The molecular weight excluding hydrogens is 220 g/mol. The second-order valence-corrected chi connectivity index (χ2v) is 5.38. The highest BCUT2D eigenvalue weighted by Crippen LogP contribution is 2.30. The molecule has 16 heavy (non-hydrogen) atoms. The third-order valence-electron chi connectivity index (χ3n) is 2.82. The Morgan fingerprint density at radius 3 is 2.50 bits per heavy atom. The summed E-state index contributed by atoms with van der Waals surface area (Å²) < 4.78 is 5.10. The Hall–Kier alpha value is -0.350. The fourth-order valence-corrected chi connectivity index (χ4v) is 2.18. The number of nitrogens with zero attached hydrogens (tertiary/aromatic N) is 1. The van der Waals surface area contributed by atoms with E-state index in [1.807, 2.05) is 0 Å². The molecule has 1 aliphatic carbocycles. The molecule has 1 aliphatic rings. The van der Waals surface area contributed by atoms with Crippen LogP contribution in [0.5, 0.6) is 0 Å². The molecule has 1 fully saturated rings. The van der Waals surface area contributed by atoms with Crippen molar-refractivity contribution in [2.24, 2.45) is 5.92 Å². The van der Waals surface area contributed by atoms with Gasteiger partial charge in [-0.15, -0.1) is 0 Å². The molecule has 0 spiro atoms. The minimum absolute atomic E-state index is 0.276. The Labute approximate surface area is 105 Å². The van der Waals surface area contributed by atoms with Gasteiger partial charge in [0.1, 0.15) is 0 Å². The van der Waals surface area contributed by atoms with Gasteiger partial charge in [0.15, 0.2) is 5.11 Å². The van der Waals surface area contributed by atoms with Crippen LogP contribution < -0.4 is 5.32 Å². The van der Waals surface area contributed by atoms with E-state index in [1.165, 1.54) is 12.8 Å². The fourth-order valence-electron chi connectivity index (χ4n) is 1.69. The molecule has 3 nitrogen and oxygen atoms in total. The first-order valence-corrected chi connectivity index (χ1v) is 6.51. The average molecular weight is 244 g/mol. The van der Waals surface area contributed by atoms with E-state index in [4.69, 9.17) is 17.0 Å². The molecule has 1 atom stereocenters. The van der Waals surface area contributed by atoms with Gasteiger partial charge < -0.3 is 15.0 Å². The molecule has 1 N–H and O–H groups in total. The van der Waals surface area contributed by atoms with Crippen LogP contribution >= 0.6 is 12.2 Å². The zero-order valence-electron chi connectivity index (χ0n) is 10.8. The molecule has 0 radical (unpaired) electrons. The van der Waals surface area contributed by atoms with Gasteiger partial charge in [-0.3, -0.25) is 0 Å². The maximum Gasteiger partial charge on any atom is 0.169 e. The minimum atomic E-state index is 0.276. The quantitative estimate of drug-likeness (QED) is 0.723. The Morgan fingerprint density at radius 2 is 2.06 bits per heavy atom. The maximum atomic E-state index is 5.45. The highest BCUT2D eigenvalue weighted by molar-refractivity contribution is 7.80. The summed E-state index contributed by atoms with van der Waals surface area (Å²) in [5.74, 6) is 0.861. The summed E-state index contributed by atoms with van der Waals surface area (Å²) in [5.41, 5.74) is 0. The van der Waals surface area contributed by atoms with Crippen molar-refractivity contribution in [1.29, 1.82) is 0 Å². The van der Waals surface area contributed by atoms with Crippen LogP contribution in [0.1, 0.15) is 33.6 Å². The minimum Gasteiger partial charge on any atom is -0.383 e. The van der Waals surface area contributed by atoms with Crippen molar-refractivity contribution in [3.05, 3.63) is 0 Å². The maximum absolute atomic E-state index is 5.45. The van der Waals surface area contributed by atoms with Gasteiger partial charge in [-0.1, -0.05) is 0 Å². The second-order valence-electron chi connectivity index (χ2n) is 5.00. The highest BCUT2D eigenvalue weighted by atomic mass is 32.1. The Morgan fingerprint density at radius 1 is 1.44 bits per heavy atom. The number of methoxy groups -OCH3 is 1. The zero-order valence-corrected chi connectivity index (χ0v) is 11.6. The third kappa shape index (κ3) is 4.66. The van der Waals surface area contributed by atoms with Gasteiger partial charge in [-0.25, -0.2) is 0 Å². The third-order valence-corrected chi connectivity index (χ3v) is 3.17. The summed E-state index contributed by atoms with van der Waals surface area (Å²) in [5, 5.41) is 4.19. The summed E-state index contributed by atoms with van der Waals surface area (Å²) in [6, 6.07) is 0.744. The van der Waals surface area contributed by atoms with E-state index in [0.717, 1.165) is 17.6 Å². The van der Waals surface area contributed by atoms with Crippen molar-refractivity contribution in [3.8, 4) is 0 Å². The molecule has 1 rings (SSSR count). The molecule has 0 heterocycles. The average Bonchev–Trinajstić information content (AvgIpc) is 2.97. The van der Waals surface area contributed by atoms with Gasteiger partial charge in [0.2, 0.25) is 0 Å². The monoisotopic (exact) mass is 244 g/mol. The van der Waals surface area contributed by atoms with E-state index in [-0.39, 0.29) is 6.04 Å². The Kier molecular flexibility index (Phi) is 5.49. The lowest BCUT2D eigenvalue weighted by Crippen LogP contribution is -2.48. The molecule has 0 aromatic heterocycles. The first kappa shape index (κ1) is 13.7. The van der Waals surface area contributed by atoms with E-state index in [0.29, 0.717) is 12.6 Å². The number of nitrogens with one attached hydrogen (secondary N) is 1. The highest BCUT2D eigenvalue weighted by Gasteiger charge is 2.27. The van der Waals surface area contributed by atoms with Gasteiger partial charge in [0, 0.05) is 25.7 Å². The van der Waals surface area contributed by atoms with E-state index >= 15 is 0 Å². The van der Waals surface area contributed by atoms with Crippen LogP contribution in [0.3, 0.4) is 0 Å². The number of hydrogen-bond donors (Lipinski definition) is 1. The molecule has 0 saturated heterocycles. The van der Waals surface area contributed by atoms with Crippen LogP contribution in [-0.4, -0.2) is 42.4 Å². The lowest BCUT2D eigenvalue weighted by Gasteiger charge is -2.31. The van der Waals surface area contributed by atoms with Gasteiger partial charge >= 0.3 is 0 Å². The predicted molar refractivity (Wildman–Crippen MR) is 71.6 cm³/mol. The normalized spacial score (nSPS) is 17.3. The van der Waals surface area contributed by atoms with Crippen LogP contribution in [0.25, 0.3) is 0 Å². The van der Waals surface area contributed by atoms with Crippen molar-refractivity contribution in [3.63, 3.8) is 0 Å². The Bertz CT molecular complexity index is 229. The predicted octanol–water partition coefficient (Wildman–Crippen LogP) is 2.02. The molecule has 0 aliphatic heterocycles. The van der Waals surface area contributed by atoms with Crippen LogP contribution in [-0.2, 0) is 4.74 Å². The number of hydrogen-bond acceptors (Lipinski definition) is 2. The summed E-state index contributed by atoms with van der Waals surface area (Å²) in [7, 11) is 1.71. The van der Waals surface area contributed by atoms with Crippen LogP contribution in [0.2, 0.25) is 0 Å². The Balaban J connectivity index is 2.39. The first-order valence-electron chi connectivity index (χ1n) is 6.10. The van der Waals surface area contributed by atoms with Crippen molar-refractivity contribution in [2.75, 3.05) is 20.3 Å². The number of ether oxygens (including phenoxy) is 1. The topological polar surface area (TPSA) is 24.5 Å². The van der Waals surface area contributed by atoms with Crippen molar-refractivity contribution in [2.45, 2.75) is 45.7 Å². The number of rotatable bonds is 6. The standard InChI is InChI=1S/C12H24N2OS/c1-9(2)14(7-11-5-6-11)12(16)13-10(3)8-15-4/h9-11H,5-8H2,1-4H3,(H,13,16). The van der Waals surface area contributed by atoms with Gasteiger partial charge in [-0.2, -0.15) is 0 Å². The van der Waals surface area contributed by atoms with Crippen molar-refractivity contribution in [1.82, 2.24) is 10.2 Å². The van der Waals surface area contributed by atoms with Crippen molar-refractivity contribution >= 4 is 17.3 Å². The molecule has 1 unspecified atom stereocenters. The molecule has 0 aromatic carbocycles.